The van der Waals surface area contributed by atoms with Gasteiger partial charge in [-0.1, -0.05) is 97.6 Å². The maximum Gasteiger partial charge on any atom is 0.137 e. The second-order valence-corrected chi connectivity index (χ2v) is 10.3. The van der Waals surface area contributed by atoms with Crippen molar-refractivity contribution in [1.82, 2.24) is 14.1 Å². The van der Waals surface area contributed by atoms with E-state index in [9.17, 15) is 0 Å². The summed E-state index contributed by atoms with van der Waals surface area (Å²) in [6, 6.07) is 32.3. The number of aromatic nitrogens is 3. The van der Waals surface area contributed by atoms with Crippen molar-refractivity contribution in [3.63, 3.8) is 0 Å². The Balaban J connectivity index is 1.71. The molecule has 41 heavy (non-hydrogen) atoms. The lowest BCUT2D eigenvalue weighted by Crippen LogP contribution is -2.06. The van der Waals surface area contributed by atoms with Gasteiger partial charge in [0.05, 0.1) is 27.8 Å². The zero-order valence-electron chi connectivity index (χ0n) is 22.6. The number of fused-ring (bicyclic) bond motifs is 10. The molecule has 7 aromatic rings. The number of aliphatic imine (C=N–C) groups is 1. The molecule has 0 unspecified atom stereocenters. The molecule has 194 valence electrons. The van der Waals surface area contributed by atoms with Crippen LogP contribution < -0.4 is 0 Å². The molecule has 0 saturated heterocycles. The van der Waals surface area contributed by atoms with E-state index in [4.69, 9.17) is 4.98 Å². The number of para-hydroxylation sites is 1. The summed E-state index contributed by atoms with van der Waals surface area (Å²) < 4.78 is 4.79. The second-order valence-electron chi connectivity index (χ2n) is 10.3. The van der Waals surface area contributed by atoms with Crippen molar-refractivity contribution in [2.45, 2.75) is 6.92 Å². The minimum absolute atomic E-state index is 0.898. The predicted molar refractivity (Wildman–Crippen MR) is 174 cm³/mol. The number of hydrogen-bond donors (Lipinski definition) is 0. The van der Waals surface area contributed by atoms with Gasteiger partial charge in [-0.05, 0) is 47.4 Å². The molecule has 1 aliphatic carbocycles. The molecule has 8 rings (SSSR count). The lowest BCUT2D eigenvalue weighted by Gasteiger charge is -2.16. The number of rotatable bonds is 3. The molecule has 4 aromatic carbocycles. The molecule has 4 heteroatoms. The number of hydrogen-bond acceptors (Lipinski definition) is 2. The van der Waals surface area contributed by atoms with Crippen LogP contribution in [0.2, 0.25) is 0 Å². The van der Waals surface area contributed by atoms with Crippen LogP contribution >= 0.6 is 0 Å². The monoisotopic (exact) mass is 526 g/mol. The smallest absolute Gasteiger partial charge is 0.137 e. The van der Waals surface area contributed by atoms with Crippen LogP contribution in [0.3, 0.4) is 0 Å². The van der Waals surface area contributed by atoms with Gasteiger partial charge < -0.3 is 4.57 Å². The van der Waals surface area contributed by atoms with Gasteiger partial charge in [-0.3, -0.25) is 9.56 Å². The Labute approximate surface area is 237 Å². The Kier molecular flexibility index (Phi) is 5.16. The summed E-state index contributed by atoms with van der Waals surface area (Å²) in [4.78, 5) is 9.50. The van der Waals surface area contributed by atoms with E-state index in [0.29, 0.717) is 0 Å². The molecule has 3 heterocycles. The van der Waals surface area contributed by atoms with E-state index >= 15 is 0 Å². The summed E-state index contributed by atoms with van der Waals surface area (Å²) in [5, 5.41) is 7.30. The zero-order valence-corrected chi connectivity index (χ0v) is 22.6. The van der Waals surface area contributed by atoms with Crippen molar-refractivity contribution in [1.29, 1.82) is 0 Å². The molecule has 0 amide bonds. The van der Waals surface area contributed by atoms with Crippen molar-refractivity contribution < 1.29 is 0 Å². The molecule has 0 fully saturated rings. The fourth-order valence-corrected chi connectivity index (χ4v) is 6.56. The van der Waals surface area contributed by atoms with Gasteiger partial charge in [0, 0.05) is 39.8 Å². The highest BCUT2D eigenvalue weighted by atomic mass is 15.1. The van der Waals surface area contributed by atoms with Gasteiger partial charge in [-0.15, -0.1) is 0 Å². The van der Waals surface area contributed by atoms with Crippen molar-refractivity contribution in [2.75, 3.05) is 0 Å². The van der Waals surface area contributed by atoms with E-state index < -0.39 is 0 Å². The number of benzene rings is 4. The van der Waals surface area contributed by atoms with Crippen LogP contribution in [-0.4, -0.2) is 19.8 Å². The topological polar surface area (TPSA) is 35.1 Å². The van der Waals surface area contributed by atoms with Gasteiger partial charge in [0.2, 0.25) is 0 Å². The largest absolute Gasteiger partial charge is 0.310 e. The number of pyridine rings is 1. The molecule has 0 spiro atoms. The quantitative estimate of drug-likeness (QED) is 0.211. The van der Waals surface area contributed by atoms with E-state index in [1.165, 1.54) is 43.4 Å². The molecule has 0 N–H and O–H groups in total. The van der Waals surface area contributed by atoms with E-state index in [0.717, 1.165) is 33.8 Å². The van der Waals surface area contributed by atoms with Crippen LogP contribution in [0.1, 0.15) is 6.92 Å². The van der Waals surface area contributed by atoms with Gasteiger partial charge in [-0.2, -0.15) is 0 Å². The Hall–Kier alpha value is -5.48. The highest BCUT2D eigenvalue weighted by Crippen LogP contribution is 2.46. The van der Waals surface area contributed by atoms with E-state index in [1.807, 2.05) is 24.4 Å². The first-order valence-corrected chi connectivity index (χ1v) is 13.8. The normalized spacial score (nSPS) is 15.7. The SMILES string of the molecule is C=CN=C1C=CC=C/C1=C(/C)n1c2ccccc2c2c1c1c3ccccc3c3ccccc3c1n2-c1ccccn1. The third-order valence-corrected chi connectivity index (χ3v) is 8.18. The first-order valence-electron chi connectivity index (χ1n) is 13.8. The molecular formula is C37H26N4. The highest BCUT2D eigenvalue weighted by Gasteiger charge is 2.26. The fourth-order valence-electron chi connectivity index (χ4n) is 6.56. The summed E-state index contributed by atoms with van der Waals surface area (Å²) >= 11 is 0. The minimum atomic E-state index is 0.898. The van der Waals surface area contributed by atoms with Gasteiger partial charge in [-0.25, -0.2) is 4.98 Å². The van der Waals surface area contributed by atoms with E-state index in [1.54, 1.807) is 6.20 Å². The Morgan fingerprint density at radius 1 is 0.707 bits per heavy atom. The first-order chi connectivity index (χ1) is 20.3. The van der Waals surface area contributed by atoms with Gasteiger partial charge >= 0.3 is 0 Å². The molecule has 0 radical (unpaired) electrons. The number of allylic oxidation sites excluding steroid dienone is 6. The summed E-state index contributed by atoms with van der Waals surface area (Å²) in [7, 11) is 0. The van der Waals surface area contributed by atoms with Crippen molar-refractivity contribution in [2.24, 2.45) is 4.99 Å². The molecule has 0 aliphatic heterocycles. The van der Waals surface area contributed by atoms with Crippen LogP contribution in [0.25, 0.3) is 65.9 Å². The molecule has 1 aliphatic rings. The summed E-state index contributed by atoms with van der Waals surface area (Å²) in [6.07, 6.45) is 11.8. The van der Waals surface area contributed by atoms with Crippen molar-refractivity contribution in [3.05, 3.63) is 140 Å². The third-order valence-electron chi connectivity index (χ3n) is 8.18. The third kappa shape index (κ3) is 3.28. The molecule has 0 bridgehead atoms. The highest BCUT2D eigenvalue weighted by molar-refractivity contribution is 6.35. The standard InChI is InChI=1S/C37H26N4/c1-3-38-31-20-10-8-14-25(31)24(2)40-32-21-11-9-19-30(32)36-37(40)34-28-17-6-4-15-26(28)27-16-5-7-18-29(27)35(34)41(36)33-22-12-13-23-39-33/h3-23H,1H2,2H3/b25-24+,38-31?. The summed E-state index contributed by atoms with van der Waals surface area (Å²) in [5.74, 6) is 0.899. The van der Waals surface area contributed by atoms with Crippen molar-refractivity contribution >= 4 is 65.8 Å². The fraction of sp³-hybridized carbons (Fsp3) is 0.0270. The minimum Gasteiger partial charge on any atom is -0.310 e. The summed E-state index contributed by atoms with van der Waals surface area (Å²) in [6.45, 7) is 6.06. The molecule has 0 atom stereocenters. The molecule has 3 aromatic heterocycles. The van der Waals surface area contributed by atoms with Crippen LogP contribution in [0.4, 0.5) is 0 Å². The second kappa shape index (κ2) is 9.04. The average Bonchev–Trinajstić information content (AvgIpc) is 3.55. The average molecular weight is 527 g/mol. The van der Waals surface area contributed by atoms with Crippen molar-refractivity contribution in [3.8, 4) is 5.82 Å². The summed E-state index contributed by atoms with van der Waals surface area (Å²) in [5.41, 5.74) is 7.70. The zero-order chi connectivity index (χ0) is 27.5. The van der Waals surface area contributed by atoms with Crippen LogP contribution in [0, 0.1) is 0 Å². The lowest BCUT2D eigenvalue weighted by atomic mass is 9.97. The Morgan fingerprint density at radius 3 is 2.12 bits per heavy atom. The van der Waals surface area contributed by atoms with Crippen LogP contribution in [-0.2, 0) is 0 Å². The maximum atomic E-state index is 4.89. The predicted octanol–water partition coefficient (Wildman–Crippen LogP) is 9.38. The molecular weight excluding hydrogens is 500 g/mol. The van der Waals surface area contributed by atoms with Crippen LogP contribution in [0.5, 0.6) is 0 Å². The van der Waals surface area contributed by atoms with E-state index in [-0.39, 0.29) is 0 Å². The Morgan fingerprint density at radius 2 is 1.37 bits per heavy atom. The van der Waals surface area contributed by atoms with Crippen LogP contribution in [0.15, 0.2) is 145 Å². The van der Waals surface area contributed by atoms with Gasteiger partial charge in [0.1, 0.15) is 5.82 Å². The van der Waals surface area contributed by atoms with E-state index in [2.05, 4.69) is 125 Å². The van der Waals surface area contributed by atoms with Gasteiger partial charge in [0.25, 0.3) is 0 Å². The first kappa shape index (κ1) is 23.4. The van der Waals surface area contributed by atoms with Gasteiger partial charge in [0.15, 0.2) is 0 Å². The Bertz CT molecular complexity index is 2320. The number of nitrogens with zero attached hydrogens (tertiary/aromatic N) is 4. The lowest BCUT2D eigenvalue weighted by molar-refractivity contribution is 1.09. The maximum absolute atomic E-state index is 4.89. The molecule has 0 saturated carbocycles. The molecule has 4 nitrogen and oxygen atoms in total.